The van der Waals surface area contributed by atoms with Crippen LogP contribution in [0.5, 0.6) is 0 Å². The zero-order chi connectivity index (χ0) is 16.3. The Bertz CT molecular complexity index is 661. The molecule has 7 heteroatoms. The van der Waals surface area contributed by atoms with Gasteiger partial charge in [-0.25, -0.2) is 8.42 Å². The summed E-state index contributed by atoms with van der Waals surface area (Å²) in [4.78, 5) is 14.0. The summed E-state index contributed by atoms with van der Waals surface area (Å²) in [5.74, 6) is 0.404. The second-order valence-electron chi connectivity index (χ2n) is 5.79. The third-order valence-corrected chi connectivity index (χ3v) is 6.23. The van der Waals surface area contributed by atoms with Crippen molar-refractivity contribution < 1.29 is 13.2 Å². The Morgan fingerprint density at radius 3 is 2.77 bits per heavy atom. The molecule has 0 aromatic heterocycles. The minimum absolute atomic E-state index is 0.0345. The van der Waals surface area contributed by atoms with Crippen LogP contribution in [-0.4, -0.2) is 50.4 Å². The smallest absolute Gasteiger partial charge is 0.225 e. The number of carbonyl (C=O) groups is 1. The van der Waals surface area contributed by atoms with Crippen LogP contribution in [-0.2, 0) is 14.6 Å². The molecule has 2 rings (SSSR count). The van der Waals surface area contributed by atoms with E-state index in [1.807, 2.05) is 37.1 Å². The Balaban J connectivity index is 1.82. The van der Waals surface area contributed by atoms with E-state index in [1.54, 1.807) is 0 Å². The molecule has 0 bridgehead atoms. The summed E-state index contributed by atoms with van der Waals surface area (Å²) in [7, 11) is -1.01. The molecule has 0 aliphatic carbocycles. The lowest BCUT2D eigenvalue weighted by Crippen LogP contribution is -2.35. The predicted octanol–water partition coefficient (Wildman–Crippen LogP) is 2.21. The van der Waals surface area contributed by atoms with E-state index >= 15 is 0 Å². The van der Waals surface area contributed by atoms with Crippen LogP contribution in [0.15, 0.2) is 22.7 Å². The third-order valence-electron chi connectivity index (χ3n) is 3.99. The van der Waals surface area contributed by atoms with Crippen molar-refractivity contribution in [2.75, 3.05) is 30.4 Å². The van der Waals surface area contributed by atoms with Crippen molar-refractivity contribution in [3.05, 3.63) is 28.2 Å². The zero-order valence-electron chi connectivity index (χ0n) is 12.8. The monoisotopic (exact) mass is 388 g/mol. The van der Waals surface area contributed by atoms with Gasteiger partial charge in [0, 0.05) is 29.2 Å². The van der Waals surface area contributed by atoms with Gasteiger partial charge in [-0.2, -0.15) is 0 Å². The fraction of sp³-hybridized carbons (Fsp3) is 0.533. The number of nitrogens with one attached hydrogen (secondary N) is 1. The van der Waals surface area contributed by atoms with E-state index in [1.165, 1.54) is 0 Å². The highest BCUT2D eigenvalue weighted by Crippen LogP contribution is 2.20. The minimum Gasteiger partial charge on any atom is -0.326 e. The van der Waals surface area contributed by atoms with Crippen LogP contribution in [0.4, 0.5) is 5.69 Å². The van der Waals surface area contributed by atoms with Gasteiger partial charge >= 0.3 is 0 Å². The van der Waals surface area contributed by atoms with Crippen LogP contribution < -0.4 is 5.32 Å². The number of anilines is 1. The number of rotatable bonds is 5. The second-order valence-corrected chi connectivity index (χ2v) is 8.94. The van der Waals surface area contributed by atoms with Crippen molar-refractivity contribution in [3.8, 4) is 0 Å². The Morgan fingerprint density at radius 2 is 2.18 bits per heavy atom. The van der Waals surface area contributed by atoms with Gasteiger partial charge in [-0.05, 0) is 44.2 Å². The summed E-state index contributed by atoms with van der Waals surface area (Å²) in [6, 6.07) is 5.74. The SMILES string of the molecule is Cc1cc(Br)ccc1NC(=O)CCN(C)C1CCS(=O)(=O)C1. The van der Waals surface area contributed by atoms with Crippen molar-refractivity contribution in [1.82, 2.24) is 4.90 Å². The summed E-state index contributed by atoms with van der Waals surface area (Å²) in [5.41, 5.74) is 1.80. The average molecular weight is 389 g/mol. The van der Waals surface area contributed by atoms with Gasteiger partial charge in [0.05, 0.1) is 11.5 Å². The van der Waals surface area contributed by atoms with Crippen LogP contribution in [0.1, 0.15) is 18.4 Å². The van der Waals surface area contributed by atoms with E-state index in [-0.39, 0.29) is 23.5 Å². The first kappa shape index (κ1) is 17.4. The first-order valence-corrected chi connectivity index (χ1v) is 9.85. The molecule has 1 aliphatic heterocycles. The molecule has 0 saturated carbocycles. The van der Waals surface area contributed by atoms with E-state index in [4.69, 9.17) is 0 Å². The van der Waals surface area contributed by atoms with E-state index < -0.39 is 9.84 Å². The molecule has 1 unspecified atom stereocenters. The van der Waals surface area contributed by atoms with Gasteiger partial charge in [0.2, 0.25) is 5.91 Å². The molecular formula is C15H21BrN2O3S. The third kappa shape index (κ3) is 4.79. The number of carbonyl (C=O) groups excluding carboxylic acids is 1. The highest BCUT2D eigenvalue weighted by Gasteiger charge is 2.30. The van der Waals surface area contributed by atoms with E-state index in [2.05, 4.69) is 21.2 Å². The molecule has 1 aromatic rings. The summed E-state index contributed by atoms with van der Waals surface area (Å²) >= 11 is 3.39. The van der Waals surface area contributed by atoms with Crippen molar-refractivity contribution in [2.24, 2.45) is 0 Å². The summed E-state index contributed by atoms with van der Waals surface area (Å²) in [6.45, 7) is 2.50. The molecule has 1 saturated heterocycles. The van der Waals surface area contributed by atoms with Crippen molar-refractivity contribution in [3.63, 3.8) is 0 Å². The first-order valence-electron chi connectivity index (χ1n) is 7.23. The Kier molecular flexibility index (Phi) is 5.63. The summed E-state index contributed by atoms with van der Waals surface area (Å²) < 4.78 is 23.9. The number of amides is 1. The Morgan fingerprint density at radius 1 is 1.45 bits per heavy atom. The maximum absolute atomic E-state index is 12.0. The summed E-state index contributed by atoms with van der Waals surface area (Å²) in [5, 5.41) is 2.89. The molecular weight excluding hydrogens is 368 g/mol. The second kappa shape index (κ2) is 7.10. The number of aryl methyl sites for hydroxylation is 1. The lowest BCUT2D eigenvalue weighted by molar-refractivity contribution is -0.116. The molecule has 1 amide bonds. The largest absolute Gasteiger partial charge is 0.326 e. The van der Waals surface area contributed by atoms with E-state index in [0.717, 1.165) is 15.7 Å². The zero-order valence-corrected chi connectivity index (χ0v) is 15.2. The molecule has 5 nitrogen and oxygen atoms in total. The normalized spacial score (nSPS) is 20.3. The van der Waals surface area contributed by atoms with Crippen LogP contribution in [0.3, 0.4) is 0 Å². The van der Waals surface area contributed by atoms with Crippen molar-refractivity contribution in [2.45, 2.75) is 25.8 Å². The molecule has 22 heavy (non-hydrogen) atoms. The average Bonchev–Trinajstić information content (AvgIpc) is 2.80. The maximum atomic E-state index is 12.0. The molecule has 0 spiro atoms. The summed E-state index contributed by atoms with van der Waals surface area (Å²) in [6.07, 6.45) is 1.01. The van der Waals surface area contributed by atoms with Crippen LogP contribution in [0.2, 0.25) is 0 Å². The number of hydrogen-bond acceptors (Lipinski definition) is 4. The van der Waals surface area contributed by atoms with Gasteiger partial charge < -0.3 is 10.2 Å². The van der Waals surface area contributed by atoms with Gasteiger partial charge in [-0.1, -0.05) is 15.9 Å². The molecule has 122 valence electrons. The molecule has 1 fully saturated rings. The minimum atomic E-state index is -2.88. The van der Waals surface area contributed by atoms with Gasteiger partial charge in [0.25, 0.3) is 0 Å². The molecule has 1 aliphatic rings. The topological polar surface area (TPSA) is 66.5 Å². The van der Waals surface area contributed by atoms with E-state index in [9.17, 15) is 13.2 Å². The molecule has 1 N–H and O–H groups in total. The van der Waals surface area contributed by atoms with Crippen molar-refractivity contribution >= 4 is 37.4 Å². The van der Waals surface area contributed by atoms with Crippen LogP contribution in [0, 0.1) is 6.92 Å². The number of benzene rings is 1. The maximum Gasteiger partial charge on any atom is 0.225 e. The molecule has 1 atom stereocenters. The van der Waals surface area contributed by atoms with E-state index in [0.29, 0.717) is 19.4 Å². The van der Waals surface area contributed by atoms with Gasteiger partial charge in [0.15, 0.2) is 9.84 Å². The highest BCUT2D eigenvalue weighted by atomic mass is 79.9. The fourth-order valence-corrected chi connectivity index (χ4v) is 4.84. The van der Waals surface area contributed by atoms with Crippen molar-refractivity contribution in [1.29, 1.82) is 0 Å². The van der Waals surface area contributed by atoms with Crippen LogP contribution >= 0.6 is 15.9 Å². The Hall–Kier alpha value is -0.920. The van der Waals surface area contributed by atoms with Gasteiger partial charge in [-0.15, -0.1) is 0 Å². The quantitative estimate of drug-likeness (QED) is 0.839. The number of nitrogens with zero attached hydrogens (tertiary/aromatic N) is 1. The Labute approximate surface area is 140 Å². The predicted molar refractivity (Wildman–Crippen MR) is 91.8 cm³/mol. The standard InChI is InChI=1S/C15H21BrN2O3S/c1-11-9-12(16)3-4-14(11)17-15(19)5-7-18(2)13-6-8-22(20,21)10-13/h3-4,9,13H,5-8,10H2,1-2H3,(H,17,19). The molecule has 0 radical (unpaired) electrons. The lowest BCUT2D eigenvalue weighted by atomic mass is 10.2. The van der Waals surface area contributed by atoms with Gasteiger partial charge in [0.1, 0.15) is 0 Å². The molecule has 1 aromatic carbocycles. The highest BCUT2D eigenvalue weighted by molar-refractivity contribution is 9.10. The number of sulfone groups is 1. The molecule has 1 heterocycles. The van der Waals surface area contributed by atoms with Crippen LogP contribution in [0.25, 0.3) is 0 Å². The first-order chi connectivity index (χ1) is 10.3. The number of hydrogen-bond donors (Lipinski definition) is 1. The fourth-order valence-electron chi connectivity index (χ4n) is 2.56. The number of halogens is 1. The van der Waals surface area contributed by atoms with Gasteiger partial charge in [-0.3, -0.25) is 4.79 Å². The lowest BCUT2D eigenvalue weighted by Gasteiger charge is -2.22.